The van der Waals surface area contributed by atoms with Crippen LogP contribution in [0.5, 0.6) is 5.75 Å². The second-order valence-electron chi connectivity index (χ2n) is 6.08. The number of benzene rings is 2. The standard InChI is InChI=1S/C21H18N4OS/c1-3-4-15-5-7-18(14(2)11-15)21-25-24-20(27-21)16-6-8-19(26-10-9-22)17(12-16)13-23/h5-8,11-12H,3-4,10H2,1-2H3. The van der Waals surface area contributed by atoms with Gasteiger partial charge in [0.1, 0.15) is 27.9 Å². The van der Waals surface area contributed by atoms with Crippen molar-refractivity contribution in [3.05, 3.63) is 53.1 Å². The van der Waals surface area contributed by atoms with Gasteiger partial charge in [-0.3, -0.25) is 0 Å². The summed E-state index contributed by atoms with van der Waals surface area (Å²) in [5, 5.41) is 28.2. The van der Waals surface area contributed by atoms with Crippen LogP contribution in [0, 0.1) is 29.6 Å². The van der Waals surface area contributed by atoms with Gasteiger partial charge in [-0.2, -0.15) is 10.5 Å². The molecule has 27 heavy (non-hydrogen) atoms. The predicted molar refractivity (Wildman–Crippen MR) is 105 cm³/mol. The average Bonchev–Trinajstić information content (AvgIpc) is 3.16. The molecule has 0 N–H and O–H groups in total. The number of aryl methyl sites for hydroxylation is 2. The van der Waals surface area contributed by atoms with E-state index in [0.29, 0.717) is 11.3 Å². The van der Waals surface area contributed by atoms with E-state index >= 15 is 0 Å². The number of rotatable bonds is 6. The molecular formula is C21H18N4OS. The maximum absolute atomic E-state index is 9.33. The number of nitriles is 2. The zero-order valence-corrected chi connectivity index (χ0v) is 16.0. The van der Waals surface area contributed by atoms with E-state index in [1.165, 1.54) is 22.5 Å². The normalized spacial score (nSPS) is 10.2. The maximum Gasteiger partial charge on any atom is 0.174 e. The summed E-state index contributed by atoms with van der Waals surface area (Å²) < 4.78 is 5.27. The Bertz CT molecular complexity index is 1040. The summed E-state index contributed by atoms with van der Waals surface area (Å²) in [7, 11) is 0. The highest BCUT2D eigenvalue weighted by Crippen LogP contribution is 2.33. The summed E-state index contributed by atoms with van der Waals surface area (Å²) in [6.45, 7) is 4.17. The van der Waals surface area contributed by atoms with Crippen molar-refractivity contribution >= 4 is 11.3 Å². The van der Waals surface area contributed by atoms with Crippen molar-refractivity contribution in [2.75, 3.05) is 6.61 Å². The van der Waals surface area contributed by atoms with E-state index in [2.05, 4.69) is 48.3 Å². The fraction of sp³-hybridized carbons (Fsp3) is 0.238. The van der Waals surface area contributed by atoms with Gasteiger partial charge in [0.2, 0.25) is 0 Å². The van der Waals surface area contributed by atoms with E-state index < -0.39 is 0 Å². The van der Waals surface area contributed by atoms with Gasteiger partial charge in [0.15, 0.2) is 6.61 Å². The molecule has 2 aromatic carbocycles. The SMILES string of the molecule is CCCc1ccc(-c2nnc(-c3ccc(OCC#N)c(C#N)c3)s2)c(C)c1. The Hall–Kier alpha value is -3.22. The first-order chi connectivity index (χ1) is 13.2. The first-order valence-corrected chi connectivity index (χ1v) is 9.45. The molecule has 0 radical (unpaired) electrons. The summed E-state index contributed by atoms with van der Waals surface area (Å²) in [6, 6.07) is 15.7. The van der Waals surface area contributed by atoms with Crippen molar-refractivity contribution in [2.24, 2.45) is 0 Å². The van der Waals surface area contributed by atoms with E-state index in [1.54, 1.807) is 12.1 Å². The third-order valence-electron chi connectivity index (χ3n) is 4.12. The highest BCUT2D eigenvalue weighted by molar-refractivity contribution is 7.17. The van der Waals surface area contributed by atoms with E-state index in [9.17, 15) is 5.26 Å². The number of hydrogen-bond donors (Lipinski definition) is 0. The van der Waals surface area contributed by atoms with Crippen LogP contribution in [-0.2, 0) is 6.42 Å². The van der Waals surface area contributed by atoms with Crippen molar-refractivity contribution in [3.8, 4) is 39.0 Å². The fourth-order valence-corrected chi connectivity index (χ4v) is 3.78. The van der Waals surface area contributed by atoms with E-state index in [4.69, 9.17) is 10.00 Å². The Morgan fingerprint density at radius 3 is 2.59 bits per heavy atom. The van der Waals surface area contributed by atoms with Crippen LogP contribution in [0.25, 0.3) is 21.1 Å². The van der Waals surface area contributed by atoms with Crippen molar-refractivity contribution in [2.45, 2.75) is 26.7 Å². The number of ether oxygens (including phenoxy) is 1. The molecule has 0 spiro atoms. The molecule has 0 saturated heterocycles. The lowest BCUT2D eigenvalue weighted by molar-refractivity contribution is 0.367. The molecule has 0 aliphatic rings. The minimum atomic E-state index is -0.0930. The molecule has 0 bridgehead atoms. The molecule has 3 aromatic rings. The van der Waals surface area contributed by atoms with E-state index in [-0.39, 0.29) is 6.61 Å². The quantitative estimate of drug-likeness (QED) is 0.612. The summed E-state index contributed by atoms with van der Waals surface area (Å²) in [4.78, 5) is 0. The molecule has 5 nitrogen and oxygen atoms in total. The molecule has 0 atom stereocenters. The maximum atomic E-state index is 9.33. The molecule has 0 amide bonds. The van der Waals surface area contributed by atoms with Crippen molar-refractivity contribution in [3.63, 3.8) is 0 Å². The number of nitrogens with zero attached hydrogens (tertiary/aromatic N) is 4. The van der Waals surface area contributed by atoms with Crippen LogP contribution in [0.15, 0.2) is 36.4 Å². The highest BCUT2D eigenvalue weighted by Gasteiger charge is 2.13. The molecule has 1 heterocycles. The van der Waals surface area contributed by atoms with Crippen LogP contribution < -0.4 is 4.74 Å². The fourth-order valence-electron chi connectivity index (χ4n) is 2.84. The minimum Gasteiger partial charge on any atom is -0.477 e. The predicted octanol–water partition coefficient (Wildman–Crippen LogP) is 4.91. The molecule has 3 rings (SSSR count). The van der Waals surface area contributed by atoms with E-state index in [0.717, 1.165) is 34.0 Å². The molecule has 0 aliphatic heterocycles. The van der Waals surface area contributed by atoms with Gasteiger partial charge in [0.25, 0.3) is 0 Å². The Balaban J connectivity index is 1.90. The third kappa shape index (κ3) is 4.13. The second kappa shape index (κ2) is 8.44. The Morgan fingerprint density at radius 2 is 1.89 bits per heavy atom. The van der Waals surface area contributed by atoms with Crippen molar-refractivity contribution < 1.29 is 4.74 Å². The summed E-state index contributed by atoms with van der Waals surface area (Å²) >= 11 is 1.49. The van der Waals surface area contributed by atoms with Gasteiger partial charge in [-0.05, 0) is 42.7 Å². The lowest BCUT2D eigenvalue weighted by Crippen LogP contribution is -1.96. The summed E-state index contributed by atoms with van der Waals surface area (Å²) in [5.74, 6) is 0.398. The molecule has 0 aliphatic carbocycles. The molecular weight excluding hydrogens is 356 g/mol. The van der Waals surface area contributed by atoms with Crippen LogP contribution in [0.3, 0.4) is 0 Å². The smallest absolute Gasteiger partial charge is 0.174 e. The number of aromatic nitrogens is 2. The monoisotopic (exact) mass is 374 g/mol. The van der Waals surface area contributed by atoms with Gasteiger partial charge in [-0.25, -0.2) is 0 Å². The number of hydrogen-bond acceptors (Lipinski definition) is 6. The van der Waals surface area contributed by atoms with E-state index in [1.807, 2.05) is 12.1 Å². The van der Waals surface area contributed by atoms with Crippen LogP contribution in [-0.4, -0.2) is 16.8 Å². The first-order valence-electron chi connectivity index (χ1n) is 8.64. The van der Waals surface area contributed by atoms with Gasteiger partial charge in [-0.1, -0.05) is 42.9 Å². The molecule has 1 aromatic heterocycles. The molecule has 0 unspecified atom stereocenters. The second-order valence-corrected chi connectivity index (χ2v) is 7.06. The van der Waals surface area contributed by atoms with Crippen LogP contribution in [0.2, 0.25) is 0 Å². The average molecular weight is 374 g/mol. The highest BCUT2D eigenvalue weighted by atomic mass is 32.1. The van der Waals surface area contributed by atoms with Gasteiger partial charge in [0.05, 0.1) is 5.56 Å². The minimum absolute atomic E-state index is 0.0930. The largest absolute Gasteiger partial charge is 0.477 e. The van der Waals surface area contributed by atoms with Crippen LogP contribution >= 0.6 is 11.3 Å². The lowest BCUT2D eigenvalue weighted by atomic mass is 10.0. The molecule has 134 valence electrons. The summed E-state index contributed by atoms with van der Waals surface area (Å²) in [5.41, 5.74) is 4.77. The van der Waals surface area contributed by atoms with Gasteiger partial charge in [-0.15, -0.1) is 10.2 Å². The summed E-state index contributed by atoms with van der Waals surface area (Å²) in [6.07, 6.45) is 2.19. The Labute approximate surface area is 162 Å². The van der Waals surface area contributed by atoms with Crippen molar-refractivity contribution in [1.29, 1.82) is 10.5 Å². The zero-order valence-electron chi connectivity index (χ0n) is 15.2. The van der Waals surface area contributed by atoms with Crippen LogP contribution in [0.4, 0.5) is 0 Å². The van der Waals surface area contributed by atoms with Crippen molar-refractivity contribution in [1.82, 2.24) is 10.2 Å². The zero-order chi connectivity index (χ0) is 19.2. The van der Waals surface area contributed by atoms with Gasteiger partial charge >= 0.3 is 0 Å². The molecule has 0 saturated carbocycles. The molecule has 6 heteroatoms. The van der Waals surface area contributed by atoms with Gasteiger partial charge in [0, 0.05) is 11.1 Å². The Morgan fingerprint density at radius 1 is 1.07 bits per heavy atom. The van der Waals surface area contributed by atoms with Crippen LogP contribution in [0.1, 0.15) is 30.0 Å². The molecule has 0 fully saturated rings. The lowest BCUT2D eigenvalue weighted by Gasteiger charge is -2.05. The topological polar surface area (TPSA) is 82.6 Å². The Kier molecular flexibility index (Phi) is 5.80. The third-order valence-corrected chi connectivity index (χ3v) is 5.13. The first kappa shape index (κ1) is 18.6. The van der Waals surface area contributed by atoms with Gasteiger partial charge < -0.3 is 4.74 Å².